The van der Waals surface area contributed by atoms with Gasteiger partial charge in [0.15, 0.2) is 0 Å². The maximum atomic E-state index is 14.3. The first-order chi connectivity index (χ1) is 14.3. The van der Waals surface area contributed by atoms with Crippen LogP contribution < -0.4 is 5.32 Å². The van der Waals surface area contributed by atoms with Crippen LogP contribution in [0.4, 0.5) is 10.1 Å². The van der Waals surface area contributed by atoms with Crippen molar-refractivity contribution in [1.29, 1.82) is 0 Å². The monoisotopic (exact) mass is 466 g/mol. The molecule has 30 heavy (non-hydrogen) atoms. The third-order valence-corrected chi connectivity index (χ3v) is 6.64. The number of halogens is 3. The van der Waals surface area contributed by atoms with Crippen LogP contribution in [0, 0.1) is 5.82 Å². The van der Waals surface area contributed by atoms with E-state index in [9.17, 15) is 17.6 Å². The lowest BCUT2D eigenvalue weighted by molar-refractivity contribution is -0.116. The highest BCUT2D eigenvalue weighted by atomic mass is 35.5. The summed E-state index contributed by atoms with van der Waals surface area (Å²) in [5, 5.41) is 3.05. The van der Waals surface area contributed by atoms with E-state index in [1.165, 1.54) is 42.5 Å². The fourth-order valence-corrected chi connectivity index (χ4v) is 4.44. The summed E-state index contributed by atoms with van der Waals surface area (Å²) in [6.07, 6.45) is 0. The standard InChI is InChI=1S/C21H17Cl2FN2O3S/c22-15-9-11-17(12-10-15)30(28,29)26(13-18-19(23)7-4-8-20(18)24)14-21(27)25-16-5-2-1-3-6-16/h1-12H,13-14H2,(H,25,27). The van der Waals surface area contributed by atoms with E-state index in [1.807, 2.05) is 0 Å². The van der Waals surface area contributed by atoms with Gasteiger partial charge >= 0.3 is 0 Å². The highest BCUT2D eigenvalue weighted by molar-refractivity contribution is 7.89. The molecule has 3 aromatic carbocycles. The Bertz CT molecular complexity index is 1120. The lowest BCUT2D eigenvalue weighted by Gasteiger charge is -2.23. The molecule has 0 atom stereocenters. The molecule has 3 rings (SSSR count). The Morgan fingerprint density at radius 2 is 1.60 bits per heavy atom. The number of nitrogens with zero attached hydrogens (tertiary/aromatic N) is 1. The molecular formula is C21H17Cl2FN2O3S. The second kappa shape index (κ2) is 9.57. The molecule has 0 unspecified atom stereocenters. The first-order valence-corrected chi connectivity index (χ1v) is 11.0. The number of anilines is 1. The van der Waals surface area contributed by atoms with E-state index in [-0.39, 0.29) is 15.5 Å². The molecule has 0 aliphatic rings. The Kier molecular flexibility index (Phi) is 7.10. The van der Waals surface area contributed by atoms with Gasteiger partial charge in [-0.15, -0.1) is 0 Å². The molecule has 0 aliphatic heterocycles. The van der Waals surface area contributed by atoms with E-state index in [4.69, 9.17) is 23.2 Å². The van der Waals surface area contributed by atoms with Crippen LogP contribution in [0.25, 0.3) is 0 Å². The van der Waals surface area contributed by atoms with Crippen molar-refractivity contribution in [2.24, 2.45) is 0 Å². The normalized spacial score (nSPS) is 11.5. The summed E-state index contributed by atoms with van der Waals surface area (Å²) in [5.41, 5.74) is 0.486. The van der Waals surface area contributed by atoms with Crippen LogP contribution in [-0.4, -0.2) is 25.2 Å². The highest BCUT2D eigenvalue weighted by Gasteiger charge is 2.28. The van der Waals surface area contributed by atoms with E-state index in [2.05, 4.69) is 5.32 Å². The van der Waals surface area contributed by atoms with Gasteiger partial charge in [0.05, 0.1) is 11.4 Å². The third-order valence-electron chi connectivity index (χ3n) is 4.23. The Hall–Kier alpha value is -2.45. The van der Waals surface area contributed by atoms with Gasteiger partial charge in [-0.1, -0.05) is 47.5 Å². The Labute approximate surface area is 184 Å². The fourth-order valence-electron chi connectivity index (χ4n) is 2.72. The maximum absolute atomic E-state index is 14.3. The summed E-state index contributed by atoms with van der Waals surface area (Å²) in [6, 6.07) is 18.1. The van der Waals surface area contributed by atoms with Gasteiger partial charge in [0.2, 0.25) is 15.9 Å². The molecule has 0 radical (unpaired) electrons. The molecule has 1 amide bonds. The molecule has 0 bridgehead atoms. The third kappa shape index (κ3) is 5.37. The molecule has 0 saturated heterocycles. The van der Waals surface area contributed by atoms with E-state index in [0.29, 0.717) is 10.7 Å². The SMILES string of the molecule is O=C(CN(Cc1c(F)cccc1Cl)S(=O)(=O)c1ccc(Cl)cc1)Nc1ccccc1. The zero-order valence-electron chi connectivity index (χ0n) is 15.6. The van der Waals surface area contributed by atoms with E-state index >= 15 is 0 Å². The number of amides is 1. The topological polar surface area (TPSA) is 66.5 Å². The second-order valence-electron chi connectivity index (χ2n) is 6.34. The molecule has 0 heterocycles. The highest BCUT2D eigenvalue weighted by Crippen LogP contribution is 2.25. The minimum Gasteiger partial charge on any atom is -0.325 e. The van der Waals surface area contributed by atoms with Crippen LogP contribution in [0.3, 0.4) is 0 Å². The minimum absolute atomic E-state index is 0.0239. The molecule has 156 valence electrons. The first-order valence-electron chi connectivity index (χ1n) is 8.81. The molecular weight excluding hydrogens is 450 g/mol. The average Bonchev–Trinajstić information content (AvgIpc) is 2.71. The summed E-state index contributed by atoms with van der Waals surface area (Å²) in [6.45, 7) is -0.955. The summed E-state index contributed by atoms with van der Waals surface area (Å²) in [5.74, 6) is -1.24. The number of carbonyl (C=O) groups excluding carboxylic acids is 1. The first kappa shape index (κ1) is 22.2. The lowest BCUT2D eigenvalue weighted by atomic mass is 10.2. The van der Waals surface area contributed by atoms with Crippen LogP contribution in [-0.2, 0) is 21.4 Å². The molecule has 5 nitrogen and oxygen atoms in total. The van der Waals surface area contributed by atoms with Crippen molar-refractivity contribution in [1.82, 2.24) is 4.31 Å². The lowest BCUT2D eigenvalue weighted by Crippen LogP contribution is -2.37. The van der Waals surface area contributed by atoms with Gasteiger partial charge in [-0.2, -0.15) is 4.31 Å². The van der Waals surface area contributed by atoms with Gasteiger partial charge in [0.25, 0.3) is 0 Å². The maximum Gasteiger partial charge on any atom is 0.243 e. The molecule has 0 aliphatic carbocycles. The summed E-state index contributed by atoms with van der Waals surface area (Å²) in [4.78, 5) is 12.5. The van der Waals surface area contributed by atoms with Crippen molar-refractivity contribution in [2.75, 3.05) is 11.9 Å². The predicted molar refractivity (Wildman–Crippen MR) is 116 cm³/mol. The van der Waals surface area contributed by atoms with Crippen LogP contribution in [0.15, 0.2) is 77.7 Å². The van der Waals surface area contributed by atoms with Crippen LogP contribution >= 0.6 is 23.2 Å². The van der Waals surface area contributed by atoms with Crippen LogP contribution in [0.2, 0.25) is 10.0 Å². The predicted octanol–water partition coefficient (Wildman–Crippen LogP) is 4.96. The van der Waals surface area contributed by atoms with Crippen molar-refractivity contribution >= 4 is 44.8 Å². The van der Waals surface area contributed by atoms with E-state index in [0.717, 1.165) is 4.31 Å². The van der Waals surface area contributed by atoms with Crippen molar-refractivity contribution in [2.45, 2.75) is 11.4 Å². The average molecular weight is 467 g/mol. The number of carbonyl (C=O) groups is 1. The van der Waals surface area contributed by atoms with Crippen molar-refractivity contribution in [3.63, 3.8) is 0 Å². The van der Waals surface area contributed by atoms with Crippen LogP contribution in [0.5, 0.6) is 0 Å². The molecule has 0 aromatic heterocycles. The summed E-state index contributed by atoms with van der Waals surface area (Å²) < 4.78 is 41.6. The Balaban J connectivity index is 1.93. The zero-order chi connectivity index (χ0) is 21.7. The number of rotatable bonds is 7. The van der Waals surface area contributed by atoms with Gasteiger partial charge < -0.3 is 5.32 Å². The second-order valence-corrected chi connectivity index (χ2v) is 9.12. The molecule has 9 heteroatoms. The molecule has 3 aromatic rings. The van der Waals surface area contributed by atoms with Gasteiger partial charge in [-0.05, 0) is 48.5 Å². The molecule has 0 spiro atoms. The minimum atomic E-state index is -4.15. The number of hydrogen-bond acceptors (Lipinski definition) is 3. The Morgan fingerprint density at radius 1 is 0.933 bits per heavy atom. The number of sulfonamides is 1. The van der Waals surface area contributed by atoms with Crippen LogP contribution in [0.1, 0.15) is 5.56 Å². The smallest absolute Gasteiger partial charge is 0.243 e. The summed E-state index contributed by atoms with van der Waals surface area (Å²) in [7, 11) is -4.15. The van der Waals surface area contributed by atoms with Crippen molar-refractivity contribution in [3.8, 4) is 0 Å². The van der Waals surface area contributed by atoms with Gasteiger partial charge in [-0.25, -0.2) is 12.8 Å². The largest absolute Gasteiger partial charge is 0.325 e. The zero-order valence-corrected chi connectivity index (χ0v) is 17.9. The van der Waals surface area contributed by atoms with Crippen molar-refractivity contribution in [3.05, 3.63) is 94.2 Å². The van der Waals surface area contributed by atoms with Gasteiger partial charge in [0, 0.05) is 27.8 Å². The van der Waals surface area contributed by atoms with E-state index in [1.54, 1.807) is 30.3 Å². The molecule has 0 fully saturated rings. The Morgan fingerprint density at radius 3 is 2.23 bits per heavy atom. The van der Waals surface area contributed by atoms with Crippen molar-refractivity contribution < 1.29 is 17.6 Å². The molecule has 1 N–H and O–H groups in total. The number of nitrogens with one attached hydrogen (secondary N) is 1. The summed E-state index contributed by atoms with van der Waals surface area (Å²) >= 11 is 11.9. The fraction of sp³-hybridized carbons (Fsp3) is 0.0952. The number of para-hydroxylation sites is 1. The van der Waals surface area contributed by atoms with Gasteiger partial charge in [0.1, 0.15) is 5.82 Å². The number of hydrogen-bond donors (Lipinski definition) is 1. The van der Waals surface area contributed by atoms with Gasteiger partial charge in [-0.3, -0.25) is 4.79 Å². The quantitative estimate of drug-likeness (QED) is 0.534. The van der Waals surface area contributed by atoms with E-state index < -0.39 is 34.8 Å². The number of benzene rings is 3. The molecule has 0 saturated carbocycles.